The average Bonchev–Trinajstić information content (AvgIpc) is 3.13. The molecule has 2 aromatic carbocycles. The van der Waals surface area contributed by atoms with E-state index < -0.39 is 18.0 Å². The van der Waals surface area contributed by atoms with Crippen molar-refractivity contribution in [3.05, 3.63) is 96.2 Å². The number of carbonyl (C=O) groups excluding carboxylic acids is 1. The van der Waals surface area contributed by atoms with Gasteiger partial charge in [0.2, 0.25) is 0 Å². The fourth-order valence-corrected chi connectivity index (χ4v) is 5.02. The summed E-state index contributed by atoms with van der Waals surface area (Å²) in [5.41, 5.74) is 1.56. The third-order valence-electron chi connectivity index (χ3n) is 5.50. The first kappa shape index (κ1) is 24.2. The highest BCUT2D eigenvalue weighted by molar-refractivity contribution is 7.07. The number of nitrogens with zero attached hydrogens (tertiary/aromatic N) is 2. The highest BCUT2D eigenvalue weighted by Crippen LogP contribution is 2.31. The normalized spacial score (nSPS) is 15.4. The maximum Gasteiger partial charge on any atom is 0.338 e. The van der Waals surface area contributed by atoms with Crippen LogP contribution in [0.1, 0.15) is 48.3 Å². The molecule has 1 atom stereocenters. The number of hydrogen-bond acceptors (Lipinski definition) is 7. The Bertz CT molecular complexity index is 1500. The zero-order valence-electron chi connectivity index (χ0n) is 19.5. The Hall–Kier alpha value is -3.98. The number of carboxylic acid groups (broad SMARTS) is 1. The van der Waals surface area contributed by atoms with Gasteiger partial charge in [-0.1, -0.05) is 41.7 Å². The Morgan fingerprint density at radius 3 is 2.49 bits per heavy atom. The predicted octanol–water partition coefficient (Wildman–Crippen LogP) is 2.90. The van der Waals surface area contributed by atoms with Crippen LogP contribution in [0.2, 0.25) is 0 Å². The number of hydrogen-bond donors (Lipinski definition) is 1. The molecule has 1 unspecified atom stereocenters. The monoisotopic (exact) mass is 492 g/mol. The van der Waals surface area contributed by atoms with Gasteiger partial charge in [-0.3, -0.25) is 9.36 Å². The van der Waals surface area contributed by atoms with Gasteiger partial charge in [0, 0.05) is 0 Å². The first-order valence-corrected chi connectivity index (χ1v) is 11.9. The molecule has 3 aromatic rings. The topological polar surface area (TPSA) is 107 Å². The molecule has 0 saturated carbocycles. The molecule has 0 saturated heterocycles. The van der Waals surface area contributed by atoms with Crippen LogP contribution in [0.4, 0.5) is 0 Å². The molecule has 8 nitrogen and oxygen atoms in total. The van der Waals surface area contributed by atoms with Crippen molar-refractivity contribution in [1.29, 1.82) is 0 Å². The second-order valence-corrected chi connectivity index (χ2v) is 8.71. The molecular weight excluding hydrogens is 468 g/mol. The summed E-state index contributed by atoms with van der Waals surface area (Å²) >= 11 is 1.14. The molecule has 0 spiro atoms. The molecule has 2 heterocycles. The van der Waals surface area contributed by atoms with Crippen molar-refractivity contribution < 1.29 is 24.2 Å². The zero-order chi connectivity index (χ0) is 25.1. The molecular formula is C26H24N2O6S. The minimum atomic E-state index is -1.09. The highest BCUT2D eigenvalue weighted by Gasteiger charge is 2.33. The SMILES string of the molecule is CCOC(=O)C1=C(C)N=c2sc(=Cc3ccccc3C(=O)O)c(=O)n2C1c1ccc(OCC)cc1. The van der Waals surface area contributed by atoms with Crippen LogP contribution in [0, 0.1) is 0 Å². The quantitative estimate of drug-likeness (QED) is 0.509. The van der Waals surface area contributed by atoms with Crippen molar-refractivity contribution in [3.63, 3.8) is 0 Å². The number of thiazole rings is 1. The van der Waals surface area contributed by atoms with Crippen molar-refractivity contribution in [2.75, 3.05) is 13.2 Å². The van der Waals surface area contributed by atoms with Gasteiger partial charge in [-0.25, -0.2) is 14.6 Å². The maximum atomic E-state index is 13.6. The Balaban J connectivity index is 1.94. The summed E-state index contributed by atoms with van der Waals surface area (Å²) in [4.78, 5) is 43.2. The molecule has 1 aliphatic rings. The largest absolute Gasteiger partial charge is 0.494 e. The third kappa shape index (κ3) is 4.67. The molecule has 1 aliphatic heterocycles. The van der Waals surface area contributed by atoms with Gasteiger partial charge in [0.1, 0.15) is 5.75 Å². The van der Waals surface area contributed by atoms with Crippen LogP contribution in [-0.2, 0) is 9.53 Å². The van der Waals surface area contributed by atoms with Gasteiger partial charge < -0.3 is 14.6 Å². The first-order valence-electron chi connectivity index (χ1n) is 11.1. The lowest BCUT2D eigenvalue weighted by Gasteiger charge is -2.24. The van der Waals surface area contributed by atoms with E-state index in [1.165, 1.54) is 10.6 Å². The molecule has 1 aromatic heterocycles. The summed E-state index contributed by atoms with van der Waals surface area (Å²) in [5.74, 6) is -0.956. The van der Waals surface area contributed by atoms with Crippen molar-refractivity contribution in [2.24, 2.45) is 4.99 Å². The van der Waals surface area contributed by atoms with Crippen LogP contribution in [0.3, 0.4) is 0 Å². The number of esters is 1. The number of carboxylic acids is 1. The van der Waals surface area contributed by atoms with Gasteiger partial charge in [-0.2, -0.15) is 0 Å². The highest BCUT2D eigenvalue weighted by atomic mass is 32.1. The van der Waals surface area contributed by atoms with Crippen molar-refractivity contribution >= 4 is 29.4 Å². The van der Waals surface area contributed by atoms with E-state index in [2.05, 4.69) is 4.99 Å². The van der Waals surface area contributed by atoms with Gasteiger partial charge in [0.15, 0.2) is 4.80 Å². The summed E-state index contributed by atoms with van der Waals surface area (Å²) in [6.45, 7) is 6.01. The van der Waals surface area contributed by atoms with E-state index in [9.17, 15) is 19.5 Å². The molecule has 0 aliphatic carbocycles. The lowest BCUT2D eigenvalue weighted by Crippen LogP contribution is -2.39. The average molecular weight is 493 g/mol. The van der Waals surface area contributed by atoms with Crippen LogP contribution in [-0.4, -0.2) is 34.8 Å². The van der Waals surface area contributed by atoms with Crippen LogP contribution in [0.15, 0.2) is 69.6 Å². The van der Waals surface area contributed by atoms with Gasteiger partial charge in [-0.05, 0) is 56.2 Å². The lowest BCUT2D eigenvalue weighted by molar-refractivity contribution is -0.139. The smallest absolute Gasteiger partial charge is 0.338 e. The first-order chi connectivity index (χ1) is 16.8. The van der Waals surface area contributed by atoms with E-state index in [0.717, 1.165) is 11.3 Å². The number of allylic oxidation sites excluding steroid dienone is 1. The van der Waals surface area contributed by atoms with E-state index in [4.69, 9.17) is 9.47 Å². The number of rotatable bonds is 7. The summed E-state index contributed by atoms with van der Waals surface area (Å²) in [7, 11) is 0. The van der Waals surface area contributed by atoms with Crippen LogP contribution < -0.4 is 19.6 Å². The molecule has 35 heavy (non-hydrogen) atoms. The van der Waals surface area contributed by atoms with E-state index >= 15 is 0 Å². The Morgan fingerprint density at radius 1 is 1.11 bits per heavy atom. The molecule has 1 N–H and O–H groups in total. The van der Waals surface area contributed by atoms with Gasteiger partial charge in [0.05, 0.1) is 40.6 Å². The zero-order valence-corrected chi connectivity index (χ0v) is 20.3. The van der Waals surface area contributed by atoms with Crippen LogP contribution in [0.25, 0.3) is 6.08 Å². The number of benzene rings is 2. The standard InChI is InChI=1S/C26H24N2O6S/c1-4-33-18-12-10-16(11-13-18)22-21(25(32)34-5-2)15(3)27-26-28(22)23(29)20(35-26)14-17-8-6-7-9-19(17)24(30)31/h6-14,22H,4-5H2,1-3H3,(H,30,31). The van der Waals surface area contributed by atoms with Gasteiger partial charge in [-0.15, -0.1) is 0 Å². The van der Waals surface area contributed by atoms with Gasteiger partial charge >= 0.3 is 11.9 Å². The minimum absolute atomic E-state index is 0.0878. The van der Waals surface area contributed by atoms with E-state index in [0.29, 0.717) is 38.5 Å². The fourth-order valence-electron chi connectivity index (χ4n) is 3.98. The Kier molecular flexibility index (Phi) is 6.97. The van der Waals surface area contributed by atoms with Crippen LogP contribution in [0.5, 0.6) is 5.75 Å². The summed E-state index contributed by atoms with van der Waals surface area (Å²) < 4.78 is 12.6. The van der Waals surface area contributed by atoms with Crippen LogP contribution >= 0.6 is 11.3 Å². The van der Waals surface area contributed by atoms with Crippen molar-refractivity contribution in [2.45, 2.75) is 26.8 Å². The summed E-state index contributed by atoms with van der Waals surface area (Å²) in [6.07, 6.45) is 1.55. The number of ether oxygens (including phenoxy) is 2. The molecule has 4 rings (SSSR count). The van der Waals surface area contributed by atoms with E-state index in [1.807, 2.05) is 19.1 Å². The predicted molar refractivity (Wildman–Crippen MR) is 131 cm³/mol. The molecule has 0 bridgehead atoms. The molecule has 0 radical (unpaired) electrons. The summed E-state index contributed by atoms with van der Waals surface area (Å²) in [6, 6.07) is 12.9. The number of fused-ring (bicyclic) bond motifs is 1. The third-order valence-corrected chi connectivity index (χ3v) is 6.48. The second-order valence-electron chi connectivity index (χ2n) is 7.70. The number of aromatic nitrogens is 1. The van der Waals surface area contributed by atoms with Crippen molar-refractivity contribution in [1.82, 2.24) is 4.57 Å². The molecule has 180 valence electrons. The molecule has 0 fully saturated rings. The second kappa shape index (κ2) is 10.1. The fraction of sp³-hybridized carbons (Fsp3) is 0.231. The van der Waals surface area contributed by atoms with E-state index in [1.54, 1.807) is 50.3 Å². The van der Waals surface area contributed by atoms with Crippen molar-refractivity contribution in [3.8, 4) is 5.75 Å². The number of carbonyl (C=O) groups is 2. The minimum Gasteiger partial charge on any atom is -0.494 e. The molecule has 9 heteroatoms. The lowest BCUT2D eigenvalue weighted by atomic mass is 9.96. The Labute approximate surface area is 205 Å². The van der Waals surface area contributed by atoms with Gasteiger partial charge in [0.25, 0.3) is 5.56 Å². The molecule has 0 amide bonds. The van der Waals surface area contributed by atoms with E-state index in [-0.39, 0.29) is 23.3 Å². The Morgan fingerprint density at radius 2 is 1.83 bits per heavy atom. The number of aromatic carboxylic acids is 1. The summed E-state index contributed by atoms with van der Waals surface area (Å²) in [5, 5.41) is 9.52. The maximum absolute atomic E-state index is 13.6.